The van der Waals surface area contributed by atoms with E-state index in [-0.39, 0.29) is 5.91 Å². The van der Waals surface area contributed by atoms with E-state index in [4.69, 9.17) is 4.42 Å². The number of nitrogens with one attached hydrogen (secondary N) is 1. The number of carbonyl (C=O) groups excluding carboxylic acids is 1. The van der Waals surface area contributed by atoms with Gasteiger partial charge >= 0.3 is 0 Å². The van der Waals surface area contributed by atoms with Crippen molar-refractivity contribution in [2.24, 2.45) is 0 Å². The fraction of sp³-hybridized carbons (Fsp3) is 0.357. The first-order valence-corrected chi connectivity index (χ1v) is 5.96. The van der Waals surface area contributed by atoms with Gasteiger partial charge in [0.05, 0.1) is 0 Å². The number of benzene rings is 1. The maximum Gasteiger partial charge on any atom is 0.287 e. The minimum absolute atomic E-state index is 0.0844. The summed E-state index contributed by atoms with van der Waals surface area (Å²) in [6, 6.07) is 6.33. The lowest BCUT2D eigenvalue weighted by molar-refractivity contribution is 0.0924. The zero-order valence-electron chi connectivity index (χ0n) is 10.0. The average molecular weight is 229 g/mol. The fourth-order valence-corrected chi connectivity index (χ4v) is 2.03. The zero-order chi connectivity index (χ0) is 12.0. The first-order chi connectivity index (χ1) is 8.15. The molecule has 1 aromatic carbocycles. The molecule has 0 unspecified atom stereocenters. The van der Waals surface area contributed by atoms with Gasteiger partial charge in [-0.2, -0.15) is 0 Å². The average Bonchev–Trinajstić information content (AvgIpc) is 3.04. The molecule has 0 radical (unpaired) electrons. The number of carbonyl (C=O) groups is 1. The van der Waals surface area contributed by atoms with E-state index in [9.17, 15) is 4.79 Å². The van der Waals surface area contributed by atoms with Crippen LogP contribution in [0, 0.1) is 13.8 Å². The van der Waals surface area contributed by atoms with Crippen LogP contribution in [0.2, 0.25) is 0 Å². The molecule has 1 aliphatic carbocycles. The van der Waals surface area contributed by atoms with Gasteiger partial charge in [-0.05, 0) is 38.8 Å². The largest absolute Gasteiger partial charge is 0.451 e. The second-order valence-electron chi connectivity index (χ2n) is 4.80. The van der Waals surface area contributed by atoms with Crippen molar-refractivity contribution in [1.29, 1.82) is 0 Å². The highest BCUT2D eigenvalue weighted by molar-refractivity contribution is 5.99. The molecule has 0 bridgehead atoms. The molecule has 0 atom stereocenters. The quantitative estimate of drug-likeness (QED) is 0.860. The van der Waals surface area contributed by atoms with Crippen LogP contribution in [-0.4, -0.2) is 11.9 Å². The summed E-state index contributed by atoms with van der Waals surface area (Å²) in [5.41, 5.74) is 2.89. The molecule has 3 rings (SSSR count). The highest BCUT2D eigenvalue weighted by atomic mass is 16.3. The Bertz CT molecular complexity index is 594. The summed E-state index contributed by atoms with van der Waals surface area (Å²) in [6.45, 7) is 3.98. The van der Waals surface area contributed by atoms with Gasteiger partial charge in [0.25, 0.3) is 5.91 Å². The molecule has 1 aliphatic rings. The molecule has 0 spiro atoms. The summed E-state index contributed by atoms with van der Waals surface area (Å²) in [7, 11) is 0. The van der Waals surface area contributed by atoms with E-state index in [1.807, 2.05) is 26.0 Å². The minimum Gasteiger partial charge on any atom is -0.451 e. The summed E-state index contributed by atoms with van der Waals surface area (Å²) >= 11 is 0. The standard InChI is InChI=1S/C14H15NO2/c1-8-3-6-12-11(7-8)9(2)13(17-12)14(16)15-10-4-5-10/h3,6-7,10H,4-5H2,1-2H3,(H,15,16). The van der Waals surface area contributed by atoms with Gasteiger partial charge in [0.2, 0.25) is 0 Å². The van der Waals surface area contributed by atoms with Gasteiger partial charge in [0.15, 0.2) is 5.76 Å². The fourth-order valence-electron chi connectivity index (χ4n) is 2.03. The summed E-state index contributed by atoms with van der Waals surface area (Å²) in [5.74, 6) is 0.372. The van der Waals surface area contributed by atoms with Crippen LogP contribution < -0.4 is 5.32 Å². The number of fused-ring (bicyclic) bond motifs is 1. The summed E-state index contributed by atoms with van der Waals surface area (Å²) < 4.78 is 5.63. The Kier molecular flexibility index (Phi) is 2.21. The third-order valence-electron chi connectivity index (χ3n) is 3.21. The topological polar surface area (TPSA) is 42.2 Å². The first-order valence-electron chi connectivity index (χ1n) is 5.96. The Labute approximate surface area is 99.8 Å². The highest BCUT2D eigenvalue weighted by Crippen LogP contribution is 2.27. The molecule has 3 nitrogen and oxygen atoms in total. The number of aryl methyl sites for hydroxylation is 2. The van der Waals surface area contributed by atoms with Crippen LogP contribution in [0.5, 0.6) is 0 Å². The molecule has 1 saturated carbocycles. The third-order valence-corrected chi connectivity index (χ3v) is 3.21. The van der Waals surface area contributed by atoms with E-state index in [0.717, 1.165) is 29.4 Å². The molecule has 0 saturated heterocycles. The lowest BCUT2D eigenvalue weighted by Crippen LogP contribution is -2.25. The molecule has 88 valence electrons. The van der Waals surface area contributed by atoms with Gasteiger partial charge in [0.1, 0.15) is 5.58 Å². The van der Waals surface area contributed by atoms with Crippen molar-refractivity contribution in [3.63, 3.8) is 0 Å². The van der Waals surface area contributed by atoms with Gasteiger partial charge in [-0.25, -0.2) is 0 Å². The Balaban J connectivity index is 2.03. The van der Waals surface area contributed by atoms with Crippen molar-refractivity contribution in [3.05, 3.63) is 35.1 Å². The van der Waals surface area contributed by atoms with Crippen molar-refractivity contribution < 1.29 is 9.21 Å². The van der Waals surface area contributed by atoms with Crippen molar-refractivity contribution >= 4 is 16.9 Å². The molecule has 1 fully saturated rings. The highest BCUT2D eigenvalue weighted by Gasteiger charge is 2.26. The predicted octanol–water partition coefficient (Wildman–Crippen LogP) is 2.94. The summed E-state index contributed by atoms with van der Waals surface area (Å²) in [5, 5.41) is 3.99. The van der Waals surface area contributed by atoms with Crippen molar-refractivity contribution in [3.8, 4) is 0 Å². The first kappa shape index (κ1) is 10.4. The Morgan fingerprint density at radius 3 is 2.82 bits per heavy atom. The number of furan rings is 1. The van der Waals surface area contributed by atoms with E-state index in [0.29, 0.717) is 11.8 Å². The Hall–Kier alpha value is -1.77. The zero-order valence-corrected chi connectivity index (χ0v) is 10.0. The van der Waals surface area contributed by atoms with E-state index < -0.39 is 0 Å². The van der Waals surface area contributed by atoms with Crippen molar-refractivity contribution in [2.45, 2.75) is 32.7 Å². The van der Waals surface area contributed by atoms with Gasteiger partial charge in [-0.15, -0.1) is 0 Å². The van der Waals surface area contributed by atoms with Crippen LogP contribution in [0.3, 0.4) is 0 Å². The van der Waals surface area contributed by atoms with E-state index in [1.54, 1.807) is 0 Å². The van der Waals surface area contributed by atoms with Gasteiger partial charge in [-0.1, -0.05) is 11.6 Å². The van der Waals surface area contributed by atoms with Gasteiger partial charge in [0, 0.05) is 17.0 Å². The molecule has 1 heterocycles. The predicted molar refractivity (Wildman–Crippen MR) is 66.2 cm³/mol. The van der Waals surface area contributed by atoms with Crippen LogP contribution in [0.15, 0.2) is 22.6 Å². The van der Waals surface area contributed by atoms with Gasteiger partial charge in [-0.3, -0.25) is 4.79 Å². The summed E-state index contributed by atoms with van der Waals surface area (Å²) in [6.07, 6.45) is 2.17. The van der Waals surface area contributed by atoms with Crippen molar-refractivity contribution in [1.82, 2.24) is 5.32 Å². The second kappa shape index (κ2) is 3.62. The molecule has 1 N–H and O–H groups in total. The van der Waals surface area contributed by atoms with Crippen molar-refractivity contribution in [2.75, 3.05) is 0 Å². The molecule has 2 aromatic rings. The minimum atomic E-state index is -0.0844. The van der Waals surface area contributed by atoms with Crippen LogP contribution >= 0.6 is 0 Å². The molecule has 3 heteroatoms. The molecule has 17 heavy (non-hydrogen) atoms. The van der Waals surface area contributed by atoms with Crippen LogP contribution in [0.1, 0.15) is 34.5 Å². The Morgan fingerprint density at radius 2 is 2.12 bits per heavy atom. The monoisotopic (exact) mass is 229 g/mol. The SMILES string of the molecule is Cc1ccc2oc(C(=O)NC3CC3)c(C)c2c1. The third kappa shape index (κ3) is 1.82. The lowest BCUT2D eigenvalue weighted by Gasteiger charge is -1.99. The molecular weight excluding hydrogens is 214 g/mol. The van der Waals surface area contributed by atoms with E-state index >= 15 is 0 Å². The molecule has 1 amide bonds. The number of hydrogen-bond donors (Lipinski definition) is 1. The maximum atomic E-state index is 12.0. The molecule has 1 aromatic heterocycles. The molecule has 0 aliphatic heterocycles. The van der Waals surface area contributed by atoms with Gasteiger partial charge < -0.3 is 9.73 Å². The second-order valence-corrected chi connectivity index (χ2v) is 4.80. The van der Waals surface area contributed by atoms with Crippen LogP contribution in [0.4, 0.5) is 0 Å². The number of hydrogen-bond acceptors (Lipinski definition) is 2. The van der Waals surface area contributed by atoms with E-state index in [1.165, 1.54) is 5.56 Å². The molecular formula is C14H15NO2. The normalized spacial score (nSPS) is 15.2. The Morgan fingerprint density at radius 1 is 1.35 bits per heavy atom. The smallest absolute Gasteiger partial charge is 0.287 e. The lowest BCUT2D eigenvalue weighted by atomic mass is 10.1. The summed E-state index contributed by atoms with van der Waals surface area (Å²) in [4.78, 5) is 12.0. The maximum absolute atomic E-state index is 12.0. The van der Waals surface area contributed by atoms with Crippen LogP contribution in [0.25, 0.3) is 11.0 Å². The van der Waals surface area contributed by atoms with Crippen LogP contribution in [-0.2, 0) is 0 Å². The number of amides is 1. The number of rotatable bonds is 2. The van der Waals surface area contributed by atoms with E-state index in [2.05, 4.69) is 11.4 Å².